The third-order valence-corrected chi connectivity index (χ3v) is 3.54. The van der Waals surface area contributed by atoms with Crippen molar-refractivity contribution < 1.29 is 5.11 Å². The summed E-state index contributed by atoms with van der Waals surface area (Å²) in [4.78, 5) is 0. The Labute approximate surface area is 92.1 Å². The molecule has 82 valence electrons. The van der Waals surface area contributed by atoms with Crippen LogP contribution in [0, 0.1) is 18.8 Å². The highest BCUT2D eigenvalue weighted by Crippen LogP contribution is 2.38. The van der Waals surface area contributed by atoms with Crippen molar-refractivity contribution in [3.63, 3.8) is 0 Å². The number of rotatable bonds is 4. The maximum absolute atomic E-state index is 10.1. The molecule has 15 heavy (non-hydrogen) atoms. The molecule has 0 saturated heterocycles. The molecular weight excluding hydrogens is 184 g/mol. The van der Waals surface area contributed by atoms with Crippen LogP contribution in [0.15, 0.2) is 24.3 Å². The van der Waals surface area contributed by atoms with Crippen molar-refractivity contribution in [1.82, 2.24) is 0 Å². The molecule has 0 heterocycles. The summed E-state index contributed by atoms with van der Waals surface area (Å²) in [5.41, 5.74) is 2.53. The zero-order valence-electron chi connectivity index (χ0n) is 9.61. The average Bonchev–Trinajstić information content (AvgIpc) is 3.04. The Morgan fingerprint density at radius 3 is 2.40 bits per heavy atom. The fraction of sp³-hybridized carbons (Fsp3) is 0.571. The molecule has 1 fully saturated rings. The van der Waals surface area contributed by atoms with Crippen LogP contribution < -0.4 is 0 Å². The van der Waals surface area contributed by atoms with Crippen LogP contribution in [-0.4, -0.2) is 11.2 Å². The Morgan fingerprint density at radius 2 is 1.87 bits per heavy atom. The first-order valence-electron chi connectivity index (χ1n) is 5.90. The molecule has 2 rings (SSSR count). The Hall–Kier alpha value is -0.820. The molecule has 0 aliphatic heterocycles. The second kappa shape index (κ2) is 4.36. The molecule has 1 aromatic carbocycles. The fourth-order valence-corrected chi connectivity index (χ4v) is 2.09. The lowest BCUT2D eigenvalue weighted by Gasteiger charge is -2.18. The number of benzene rings is 1. The largest absolute Gasteiger partial charge is 0.392 e. The lowest BCUT2D eigenvalue weighted by Crippen LogP contribution is -2.21. The van der Waals surface area contributed by atoms with Crippen LogP contribution in [-0.2, 0) is 6.42 Å². The summed E-state index contributed by atoms with van der Waals surface area (Å²) in [6.07, 6.45) is 3.26. The van der Waals surface area contributed by atoms with E-state index < -0.39 is 0 Å². The van der Waals surface area contributed by atoms with Gasteiger partial charge in [0.2, 0.25) is 0 Å². The standard InChI is InChI=1S/C14H20O/c1-10-3-5-12(6-4-10)9-14(15)11(2)13-7-8-13/h3-6,11,13-15H,7-9H2,1-2H3. The smallest absolute Gasteiger partial charge is 0.0608 e. The number of aliphatic hydroxyl groups is 1. The number of hydrogen-bond acceptors (Lipinski definition) is 1. The van der Waals surface area contributed by atoms with E-state index in [1.165, 1.54) is 24.0 Å². The maximum Gasteiger partial charge on any atom is 0.0608 e. The maximum atomic E-state index is 10.1. The van der Waals surface area contributed by atoms with E-state index in [0.717, 1.165) is 12.3 Å². The zero-order chi connectivity index (χ0) is 10.8. The topological polar surface area (TPSA) is 20.2 Å². The Kier molecular flexibility index (Phi) is 3.11. The van der Waals surface area contributed by atoms with Crippen LogP contribution in [0.2, 0.25) is 0 Å². The summed E-state index contributed by atoms with van der Waals surface area (Å²) in [6.45, 7) is 4.27. The van der Waals surface area contributed by atoms with Gasteiger partial charge in [-0.25, -0.2) is 0 Å². The molecule has 0 amide bonds. The molecule has 0 bridgehead atoms. The SMILES string of the molecule is Cc1ccc(CC(O)C(C)C2CC2)cc1. The van der Waals surface area contributed by atoms with Gasteiger partial charge in [-0.2, -0.15) is 0 Å². The molecule has 0 aromatic heterocycles. The van der Waals surface area contributed by atoms with E-state index in [0.29, 0.717) is 5.92 Å². The van der Waals surface area contributed by atoms with Crippen LogP contribution in [0.25, 0.3) is 0 Å². The minimum atomic E-state index is -0.166. The van der Waals surface area contributed by atoms with Crippen molar-refractivity contribution >= 4 is 0 Å². The van der Waals surface area contributed by atoms with Gasteiger partial charge in [0.05, 0.1) is 6.10 Å². The molecule has 0 spiro atoms. The van der Waals surface area contributed by atoms with E-state index >= 15 is 0 Å². The summed E-state index contributed by atoms with van der Waals surface area (Å²) >= 11 is 0. The lowest BCUT2D eigenvalue weighted by atomic mass is 9.93. The van der Waals surface area contributed by atoms with E-state index in [-0.39, 0.29) is 6.10 Å². The Bertz CT molecular complexity index is 311. The quantitative estimate of drug-likeness (QED) is 0.799. The van der Waals surface area contributed by atoms with Gasteiger partial charge in [0.15, 0.2) is 0 Å². The van der Waals surface area contributed by atoms with Gasteiger partial charge < -0.3 is 5.11 Å². The summed E-state index contributed by atoms with van der Waals surface area (Å²) < 4.78 is 0. The normalized spacial score (nSPS) is 19.9. The lowest BCUT2D eigenvalue weighted by molar-refractivity contribution is 0.105. The van der Waals surface area contributed by atoms with E-state index in [1.54, 1.807) is 0 Å². The van der Waals surface area contributed by atoms with Crippen LogP contribution in [0.5, 0.6) is 0 Å². The summed E-state index contributed by atoms with van der Waals surface area (Å²) in [5, 5.41) is 10.1. The van der Waals surface area contributed by atoms with Gasteiger partial charge in [-0.1, -0.05) is 36.8 Å². The Balaban J connectivity index is 1.92. The molecule has 1 nitrogen and oxygen atoms in total. The first-order valence-corrected chi connectivity index (χ1v) is 5.90. The number of aryl methyl sites for hydroxylation is 1. The molecule has 0 radical (unpaired) electrons. The van der Waals surface area contributed by atoms with Crippen LogP contribution >= 0.6 is 0 Å². The van der Waals surface area contributed by atoms with Crippen molar-refractivity contribution in [2.75, 3.05) is 0 Å². The van der Waals surface area contributed by atoms with Gasteiger partial charge in [0.25, 0.3) is 0 Å². The predicted molar refractivity (Wildman–Crippen MR) is 62.8 cm³/mol. The number of hydrogen-bond donors (Lipinski definition) is 1. The molecule has 2 atom stereocenters. The molecule has 1 aromatic rings. The first kappa shape index (κ1) is 10.7. The summed E-state index contributed by atoms with van der Waals surface area (Å²) in [7, 11) is 0. The summed E-state index contributed by atoms with van der Waals surface area (Å²) in [6, 6.07) is 8.48. The van der Waals surface area contributed by atoms with Gasteiger partial charge in [-0.3, -0.25) is 0 Å². The van der Waals surface area contributed by atoms with Crippen molar-refractivity contribution in [2.45, 2.75) is 39.2 Å². The molecular formula is C14H20O. The van der Waals surface area contributed by atoms with Crippen LogP contribution in [0.1, 0.15) is 30.9 Å². The molecule has 1 saturated carbocycles. The van der Waals surface area contributed by atoms with Gasteiger partial charge in [0.1, 0.15) is 0 Å². The van der Waals surface area contributed by atoms with Crippen LogP contribution in [0.3, 0.4) is 0 Å². The van der Waals surface area contributed by atoms with E-state index in [4.69, 9.17) is 0 Å². The molecule has 2 unspecified atom stereocenters. The third-order valence-electron chi connectivity index (χ3n) is 3.54. The molecule has 1 N–H and O–H groups in total. The average molecular weight is 204 g/mol. The van der Waals surface area contributed by atoms with Crippen molar-refractivity contribution in [3.8, 4) is 0 Å². The van der Waals surface area contributed by atoms with E-state index in [1.807, 2.05) is 0 Å². The van der Waals surface area contributed by atoms with Gasteiger partial charge in [-0.05, 0) is 43.6 Å². The minimum absolute atomic E-state index is 0.166. The van der Waals surface area contributed by atoms with E-state index in [9.17, 15) is 5.11 Å². The highest BCUT2D eigenvalue weighted by Gasteiger charge is 2.32. The Morgan fingerprint density at radius 1 is 1.27 bits per heavy atom. The predicted octanol–water partition coefficient (Wildman–Crippen LogP) is 2.94. The summed E-state index contributed by atoms with van der Waals surface area (Å²) in [5.74, 6) is 1.25. The third kappa shape index (κ3) is 2.82. The molecule has 1 heteroatoms. The highest BCUT2D eigenvalue weighted by molar-refractivity contribution is 5.21. The van der Waals surface area contributed by atoms with Crippen molar-refractivity contribution in [2.24, 2.45) is 11.8 Å². The van der Waals surface area contributed by atoms with E-state index in [2.05, 4.69) is 38.1 Å². The van der Waals surface area contributed by atoms with Gasteiger partial charge in [-0.15, -0.1) is 0 Å². The van der Waals surface area contributed by atoms with Crippen molar-refractivity contribution in [3.05, 3.63) is 35.4 Å². The molecule has 1 aliphatic carbocycles. The monoisotopic (exact) mass is 204 g/mol. The minimum Gasteiger partial charge on any atom is -0.392 e. The van der Waals surface area contributed by atoms with Crippen molar-refractivity contribution in [1.29, 1.82) is 0 Å². The van der Waals surface area contributed by atoms with Gasteiger partial charge >= 0.3 is 0 Å². The fourth-order valence-electron chi connectivity index (χ4n) is 2.09. The van der Waals surface area contributed by atoms with Gasteiger partial charge in [0, 0.05) is 0 Å². The second-order valence-electron chi connectivity index (χ2n) is 4.95. The molecule has 1 aliphatic rings. The number of aliphatic hydroxyl groups excluding tert-OH is 1. The van der Waals surface area contributed by atoms with Crippen LogP contribution in [0.4, 0.5) is 0 Å². The first-order chi connectivity index (χ1) is 7.16. The second-order valence-corrected chi connectivity index (χ2v) is 4.95. The zero-order valence-corrected chi connectivity index (χ0v) is 9.61. The highest BCUT2D eigenvalue weighted by atomic mass is 16.3.